The molecule has 1 aromatic heterocycles. The average molecular weight is 336 g/mol. The summed E-state index contributed by atoms with van der Waals surface area (Å²) in [7, 11) is 0. The third kappa shape index (κ3) is 4.84. The van der Waals surface area contributed by atoms with Gasteiger partial charge in [-0.2, -0.15) is 0 Å². The van der Waals surface area contributed by atoms with E-state index in [1.807, 2.05) is 13.8 Å². The van der Waals surface area contributed by atoms with Gasteiger partial charge in [0, 0.05) is 19.1 Å². The third-order valence-corrected chi connectivity index (χ3v) is 4.78. The summed E-state index contributed by atoms with van der Waals surface area (Å²) in [4.78, 5) is 17.4. The highest BCUT2D eigenvalue weighted by Crippen LogP contribution is 2.21. The smallest absolute Gasteiger partial charge is 0.263 e. The van der Waals surface area contributed by atoms with Gasteiger partial charge in [0.2, 0.25) is 0 Å². The first kappa shape index (κ1) is 17.6. The molecule has 0 bridgehead atoms. The van der Waals surface area contributed by atoms with E-state index in [1.165, 1.54) is 23.5 Å². The zero-order valence-electron chi connectivity index (χ0n) is 13.3. The van der Waals surface area contributed by atoms with Crippen molar-refractivity contribution in [3.05, 3.63) is 51.2 Å². The Morgan fingerprint density at radius 3 is 2.70 bits per heavy atom. The van der Waals surface area contributed by atoms with Crippen LogP contribution in [0.4, 0.5) is 4.39 Å². The minimum absolute atomic E-state index is 0.0328. The highest BCUT2D eigenvalue weighted by molar-refractivity contribution is 7.13. The van der Waals surface area contributed by atoms with Crippen LogP contribution < -0.4 is 5.32 Å². The van der Waals surface area contributed by atoms with E-state index in [-0.39, 0.29) is 24.4 Å². The monoisotopic (exact) mass is 336 g/mol. The molecule has 0 saturated carbocycles. The Bertz CT molecular complexity index is 655. The molecular weight excluding hydrogens is 315 g/mol. The van der Waals surface area contributed by atoms with Gasteiger partial charge in [-0.15, -0.1) is 11.3 Å². The Labute approximate surface area is 139 Å². The number of benzene rings is 1. The molecule has 1 unspecified atom stereocenters. The quantitative estimate of drug-likeness (QED) is 0.817. The predicted octanol–water partition coefficient (Wildman–Crippen LogP) is 3.07. The van der Waals surface area contributed by atoms with Crippen LogP contribution in [0, 0.1) is 12.7 Å². The van der Waals surface area contributed by atoms with E-state index in [9.17, 15) is 9.18 Å². The maximum Gasteiger partial charge on any atom is 0.263 e. The van der Waals surface area contributed by atoms with E-state index in [0.717, 1.165) is 17.0 Å². The number of aryl methyl sites for hydroxylation is 1. The zero-order valence-corrected chi connectivity index (χ0v) is 14.1. The van der Waals surface area contributed by atoms with Crippen molar-refractivity contribution in [2.24, 2.45) is 0 Å². The number of nitrogens with zero attached hydrogens (tertiary/aromatic N) is 1. The van der Waals surface area contributed by atoms with Crippen LogP contribution in [-0.4, -0.2) is 28.6 Å². The van der Waals surface area contributed by atoms with Gasteiger partial charge in [-0.25, -0.2) is 9.37 Å². The van der Waals surface area contributed by atoms with Gasteiger partial charge in [-0.1, -0.05) is 19.1 Å². The van der Waals surface area contributed by atoms with Gasteiger partial charge >= 0.3 is 0 Å². The van der Waals surface area contributed by atoms with Crippen LogP contribution in [0.15, 0.2) is 24.3 Å². The van der Waals surface area contributed by atoms with Crippen LogP contribution in [-0.2, 0) is 6.42 Å². The van der Waals surface area contributed by atoms with E-state index in [2.05, 4.69) is 10.3 Å². The van der Waals surface area contributed by atoms with Crippen molar-refractivity contribution >= 4 is 17.2 Å². The van der Waals surface area contributed by atoms with Crippen molar-refractivity contribution in [1.82, 2.24) is 10.3 Å². The normalized spacial score (nSPS) is 12.2. The minimum atomic E-state index is -0.265. The summed E-state index contributed by atoms with van der Waals surface area (Å²) in [5.74, 6) is -0.413. The lowest BCUT2D eigenvalue weighted by Gasteiger charge is -2.14. The maximum absolute atomic E-state index is 12.9. The SMILES string of the molecule is CCC(CCO)NC(=O)c1sc(Cc2ccc(F)cc2)nc1C. The van der Waals surface area contributed by atoms with Crippen LogP contribution in [0.3, 0.4) is 0 Å². The van der Waals surface area contributed by atoms with Gasteiger partial charge in [-0.05, 0) is 37.5 Å². The number of carbonyl (C=O) groups excluding carboxylic acids is 1. The van der Waals surface area contributed by atoms with E-state index in [4.69, 9.17) is 5.11 Å². The highest BCUT2D eigenvalue weighted by Gasteiger charge is 2.18. The Balaban J connectivity index is 2.07. The van der Waals surface area contributed by atoms with Gasteiger partial charge in [0.05, 0.1) is 10.7 Å². The molecule has 23 heavy (non-hydrogen) atoms. The van der Waals surface area contributed by atoms with E-state index >= 15 is 0 Å². The number of thiazole rings is 1. The summed E-state index contributed by atoms with van der Waals surface area (Å²) in [6.45, 7) is 3.84. The molecule has 1 amide bonds. The van der Waals surface area contributed by atoms with Gasteiger partial charge in [-0.3, -0.25) is 4.79 Å². The van der Waals surface area contributed by atoms with Gasteiger partial charge in [0.25, 0.3) is 5.91 Å². The number of aliphatic hydroxyl groups is 1. The topological polar surface area (TPSA) is 62.2 Å². The lowest BCUT2D eigenvalue weighted by molar-refractivity contribution is 0.0932. The molecule has 2 N–H and O–H groups in total. The first-order valence-corrected chi connectivity index (χ1v) is 8.47. The second-order valence-corrected chi connectivity index (χ2v) is 6.50. The fourth-order valence-corrected chi connectivity index (χ4v) is 3.30. The zero-order chi connectivity index (χ0) is 16.8. The third-order valence-electron chi connectivity index (χ3n) is 3.62. The summed E-state index contributed by atoms with van der Waals surface area (Å²) in [6, 6.07) is 6.25. The van der Waals surface area contributed by atoms with E-state index < -0.39 is 0 Å². The molecule has 1 heterocycles. The summed E-state index contributed by atoms with van der Waals surface area (Å²) in [5, 5.41) is 12.8. The van der Waals surface area contributed by atoms with Crippen molar-refractivity contribution in [1.29, 1.82) is 0 Å². The van der Waals surface area contributed by atoms with Crippen molar-refractivity contribution in [2.75, 3.05) is 6.61 Å². The Kier molecular flexibility index (Phi) is 6.24. The second-order valence-electron chi connectivity index (χ2n) is 5.42. The van der Waals surface area contributed by atoms with Gasteiger partial charge < -0.3 is 10.4 Å². The van der Waals surface area contributed by atoms with Crippen LogP contribution in [0.25, 0.3) is 0 Å². The fraction of sp³-hybridized carbons (Fsp3) is 0.412. The molecule has 124 valence electrons. The van der Waals surface area contributed by atoms with Crippen LogP contribution in [0.1, 0.15) is 45.7 Å². The van der Waals surface area contributed by atoms with Crippen molar-refractivity contribution in [3.63, 3.8) is 0 Å². The molecule has 1 atom stereocenters. The fourth-order valence-electron chi connectivity index (χ4n) is 2.30. The lowest BCUT2D eigenvalue weighted by Crippen LogP contribution is -2.34. The highest BCUT2D eigenvalue weighted by atomic mass is 32.1. The minimum Gasteiger partial charge on any atom is -0.396 e. The number of aromatic nitrogens is 1. The number of halogens is 1. The Morgan fingerprint density at radius 2 is 2.09 bits per heavy atom. The molecule has 2 rings (SSSR count). The summed E-state index contributed by atoms with van der Waals surface area (Å²) in [6.07, 6.45) is 1.89. The van der Waals surface area contributed by atoms with Gasteiger partial charge in [0.15, 0.2) is 0 Å². The number of hydrogen-bond acceptors (Lipinski definition) is 4. The van der Waals surface area contributed by atoms with Crippen molar-refractivity contribution in [2.45, 2.75) is 39.2 Å². The van der Waals surface area contributed by atoms with E-state index in [1.54, 1.807) is 12.1 Å². The number of hydrogen-bond donors (Lipinski definition) is 2. The molecule has 0 spiro atoms. The van der Waals surface area contributed by atoms with Crippen LogP contribution in [0.5, 0.6) is 0 Å². The average Bonchev–Trinajstić information content (AvgIpc) is 2.89. The van der Waals surface area contributed by atoms with E-state index in [0.29, 0.717) is 23.4 Å². The molecular formula is C17H21FN2O2S. The van der Waals surface area contributed by atoms with Crippen molar-refractivity contribution < 1.29 is 14.3 Å². The molecule has 1 aromatic carbocycles. The molecule has 0 aliphatic heterocycles. The first-order chi connectivity index (χ1) is 11.0. The largest absolute Gasteiger partial charge is 0.396 e. The van der Waals surface area contributed by atoms with Crippen LogP contribution in [0.2, 0.25) is 0 Å². The molecule has 0 aliphatic rings. The number of carbonyl (C=O) groups is 1. The number of aliphatic hydroxyl groups excluding tert-OH is 1. The standard InChI is InChI=1S/C17H21FN2O2S/c1-3-14(8-9-21)20-17(22)16-11(2)19-15(23-16)10-12-4-6-13(18)7-5-12/h4-7,14,21H,3,8-10H2,1-2H3,(H,20,22). The second kappa shape index (κ2) is 8.17. The molecule has 0 aliphatic carbocycles. The molecule has 2 aromatic rings. The van der Waals surface area contributed by atoms with Crippen molar-refractivity contribution in [3.8, 4) is 0 Å². The Morgan fingerprint density at radius 1 is 1.39 bits per heavy atom. The Hall–Kier alpha value is -1.79. The number of nitrogens with one attached hydrogen (secondary N) is 1. The van der Waals surface area contributed by atoms with Crippen LogP contribution >= 0.6 is 11.3 Å². The lowest BCUT2D eigenvalue weighted by atomic mass is 10.1. The molecule has 0 saturated heterocycles. The number of amides is 1. The first-order valence-electron chi connectivity index (χ1n) is 7.66. The predicted molar refractivity (Wildman–Crippen MR) is 89.3 cm³/mol. The summed E-state index contributed by atoms with van der Waals surface area (Å²) >= 11 is 1.36. The summed E-state index contributed by atoms with van der Waals surface area (Å²) in [5.41, 5.74) is 1.65. The molecule has 6 heteroatoms. The molecule has 0 fully saturated rings. The summed E-state index contributed by atoms with van der Waals surface area (Å²) < 4.78 is 12.9. The van der Waals surface area contributed by atoms with Gasteiger partial charge in [0.1, 0.15) is 10.7 Å². The maximum atomic E-state index is 12.9. The molecule has 0 radical (unpaired) electrons. The molecule has 4 nitrogen and oxygen atoms in total. The number of rotatable bonds is 7.